The van der Waals surface area contributed by atoms with E-state index in [2.05, 4.69) is 17.6 Å². The van der Waals surface area contributed by atoms with Gasteiger partial charge >= 0.3 is 0 Å². The molecule has 0 aliphatic rings. The number of nitro benzene ring substituents is 1. The van der Waals surface area contributed by atoms with Crippen molar-refractivity contribution in [3.63, 3.8) is 0 Å². The highest BCUT2D eigenvalue weighted by Crippen LogP contribution is 2.25. The van der Waals surface area contributed by atoms with E-state index in [4.69, 9.17) is 0 Å². The summed E-state index contributed by atoms with van der Waals surface area (Å²) in [7, 11) is 1.49. The lowest BCUT2D eigenvalue weighted by atomic mass is 10.1. The van der Waals surface area contributed by atoms with Crippen molar-refractivity contribution in [2.45, 2.75) is 32.6 Å². The van der Waals surface area contributed by atoms with Crippen LogP contribution in [0.2, 0.25) is 0 Å². The highest BCUT2D eigenvalue weighted by Gasteiger charge is 2.16. The second-order valence-electron chi connectivity index (χ2n) is 4.56. The van der Waals surface area contributed by atoms with Crippen LogP contribution in [0.15, 0.2) is 18.2 Å². The molecule has 0 bridgehead atoms. The second kappa shape index (κ2) is 8.14. The molecule has 1 aromatic rings. The van der Waals surface area contributed by atoms with Crippen LogP contribution in [0.4, 0.5) is 11.4 Å². The molecule has 110 valence electrons. The molecule has 0 unspecified atom stereocenters. The topological polar surface area (TPSA) is 84.3 Å². The molecule has 0 heterocycles. The number of hydrogen-bond acceptors (Lipinski definition) is 4. The highest BCUT2D eigenvalue weighted by molar-refractivity contribution is 5.95. The highest BCUT2D eigenvalue weighted by atomic mass is 16.6. The number of carbonyl (C=O) groups is 1. The van der Waals surface area contributed by atoms with Crippen molar-refractivity contribution in [2.75, 3.05) is 18.9 Å². The molecule has 0 aliphatic carbocycles. The van der Waals surface area contributed by atoms with Crippen LogP contribution in [0.1, 0.15) is 43.0 Å². The van der Waals surface area contributed by atoms with Gasteiger partial charge in [-0.1, -0.05) is 26.2 Å². The SMILES string of the molecule is CCCCCCNc1ccc(C(=O)NC)cc1[N+](=O)[O-]. The van der Waals surface area contributed by atoms with Crippen molar-refractivity contribution < 1.29 is 9.72 Å². The van der Waals surface area contributed by atoms with Gasteiger partial charge in [0, 0.05) is 25.2 Å². The molecular formula is C14H21N3O3. The normalized spacial score (nSPS) is 10.1. The van der Waals surface area contributed by atoms with Crippen LogP contribution in [-0.4, -0.2) is 24.4 Å². The zero-order valence-electron chi connectivity index (χ0n) is 11.9. The van der Waals surface area contributed by atoms with Gasteiger partial charge in [0.2, 0.25) is 0 Å². The molecule has 1 rings (SSSR count). The molecule has 0 aromatic heterocycles. The molecule has 0 fully saturated rings. The summed E-state index contributed by atoms with van der Waals surface area (Å²) in [5.74, 6) is -0.331. The van der Waals surface area contributed by atoms with Gasteiger partial charge in [0.1, 0.15) is 5.69 Å². The third-order valence-corrected chi connectivity index (χ3v) is 3.03. The Morgan fingerprint density at radius 2 is 2.05 bits per heavy atom. The standard InChI is InChI=1S/C14H21N3O3/c1-3-4-5-6-9-16-12-8-7-11(14(18)15-2)10-13(12)17(19)20/h7-8,10,16H,3-6,9H2,1-2H3,(H,15,18). The van der Waals surface area contributed by atoms with Crippen LogP contribution in [-0.2, 0) is 0 Å². The first-order valence-electron chi connectivity index (χ1n) is 6.84. The molecule has 6 nitrogen and oxygen atoms in total. The lowest BCUT2D eigenvalue weighted by molar-refractivity contribution is -0.384. The fourth-order valence-corrected chi connectivity index (χ4v) is 1.89. The number of amides is 1. The van der Waals surface area contributed by atoms with E-state index in [-0.39, 0.29) is 17.2 Å². The van der Waals surface area contributed by atoms with Crippen molar-refractivity contribution in [1.29, 1.82) is 0 Å². The number of nitrogens with zero attached hydrogens (tertiary/aromatic N) is 1. The monoisotopic (exact) mass is 279 g/mol. The summed E-state index contributed by atoms with van der Waals surface area (Å²) >= 11 is 0. The third-order valence-electron chi connectivity index (χ3n) is 3.03. The summed E-state index contributed by atoms with van der Waals surface area (Å²) in [6, 6.07) is 4.47. The number of nitrogens with one attached hydrogen (secondary N) is 2. The van der Waals surface area contributed by atoms with Crippen LogP contribution in [0.3, 0.4) is 0 Å². The average molecular weight is 279 g/mol. The first-order chi connectivity index (χ1) is 9.60. The molecule has 2 N–H and O–H groups in total. The summed E-state index contributed by atoms with van der Waals surface area (Å²) in [5, 5.41) is 16.6. The van der Waals surface area contributed by atoms with Gasteiger partial charge in [-0.25, -0.2) is 0 Å². The van der Waals surface area contributed by atoms with Crippen molar-refractivity contribution in [2.24, 2.45) is 0 Å². The molecule has 0 radical (unpaired) electrons. The maximum atomic E-state index is 11.5. The van der Waals surface area contributed by atoms with Gasteiger partial charge < -0.3 is 10.6 Å². The maximum Gasteiger partial charge on any atom is 0.293 e. The molecule has 1 amide bonds. The van der Waals surface area contributed by atoms with Gasteiger partial charge in [-0.05, 0) is 18.6 Å². The number of rotatable bonds is 8. The Morgan fingerprint density at radius 1 is 1.30 bits per heavy atom. The Bertz CT molecular complexity index is 475. The third kappa shape index (κ3) is 4.53. The van der Waals surface area contributed by atoms with Crippen molar-refractivity contribution >= 4 is 17.3 Å². The Labute approximate surface area is 118 Å². The van der Waals surface area contributed by atoms with Gasteiger partial charge in [-0.15, -0.1) is 0 Å². The number of carbonyl (C=O) groups excluding carboxylic acids is 1. The Morgan fingerprint density at radius 3 is 2.65 bits per heavy atom. The molecule has 1 aromatic carbocycles. The minimum absolute atomic E-state index is 0.0680. The molecule has 6 heteroatoms. The summed E-state index contributed by atoms with van der Waals surface area (Å²) in [6.45, 7) is 2.83. The number of anilines is 1. The van der Waals surface area contributed by atoms with E-state index in [1.165, 1.54) is 19.5 Å². The van der Waals surface area contributed by atoms with E-state index in [0.29, 0.717) is 12.2 Å². The fourth-order valence-electron chi connectivity index (χ4n) is 1.89. The van der Waals surface area contributed by atoms with E-state index in [0.717, 1.165) is 19.3 Å². The predicted molar refractivity (Wildman–Crippen MR) is 79.1 cm³/mol. The number of nitro groups is 1. The van der Waals surface area contributed by atoms with Crippen LogP contribution >= 0.6 is 0 Å². The minimum atomic E-state index is -0.471. The van der Waals surface area contributed by atoms with E-state index >= 15 is 0 Å². The van der Waals surface area contributed by atoms with Gasteiger partial charge in [0.25, 0.3) is 11.6 Å². The van der Waals surface area contributed by atoms with Crippen LogP contribution in [0, 0.1) is 10.1 Å². The van der Waals surface area contributed by atoms with Crippen molar-refractivity contribution in [3.05, 3.63) is 33.9 Å². The van der Waals surface area contributed by atoms with E-state index in [9.17, 15) is 14.9 Å². The van der Waals surface area contributed by atoms with Gasteiger partial charge in [-0.3, -0.25) is 14.9 Å². The largest absolute Gasteiger partial charge is 0.379 e. The molecule has 0 spiro atoms. The summed E-state index contributed by atoms with van der Waals surface area (Å²) in [6.07, 6.45) is 4.40. The van der Waals surface area contributed by atoms with Crippen LogP contribution in [0.25, 0.3) is 0 Å². The van der Waals surface area contributed by atoms with Crippen LogP contribution < -0.4 is 10.6 Å². The first-order valence-corrected chi connectivity index (χ1v) is 6.84. The smallest absolute Gasteiger partial charge is 0.293 e. The zero-order chi connectivity index (χ0) is 15.0. The molecule has 0 saturated carbocycles. The number of benzene rings is 1. The van der Waals surface area contributed by atoms with E-state index in [1.807, 2.05) is 0 Å². The second-order valence-corrected chi connectivity index (χ2v) is 4.56. The molecular weight excluding hydrogens is 258 g/mol. The number of hydrogen-bond donors (Lipinski definition) is 2. The minimum Gasteiger partial charge on any atom is -0.379 e. The molecule has 0 atom stereocenters. The summed E-state index contributed by atoms with van der Waals surface area (Å²) in [5.41, 5.74) is 0.677. The maximum absolute atomic E-state index is 11.5. The quantitative estimate of drug-likeness (QED) is 0.435. The van der Waals surface area contributed by atoms with Gasteiger partial charge in [0.15, 0.2) is 0 Å². The molecule has 0 aliphatic heterocycles. The predicted octanol–water partition coefficient (Wildman–Crippen LogP) is 2.95. The first kappa shape index (κ1) is 15.9. The molecule has 20 heavy (non-hydrogen) atoms. The zero-order valence-corrected chi connectivity index (χ0v) is 11.9. The lowest BCUT2D eigenvalue weighted by Gasteiger charge is -2.08. The Balaban J connectivity index is 2.75. The average Bonchev–Trinajstić information content (AvgIpc) is 2.46. The number of unbranched alkanes of at least 4 members (excludes halogenated alkanes) is 3. The van der Waals surface area contributed by atoms with Gasteiger partial charge in [-0.2, -0.15) is 0 Å². The van der Waals surface area contributed by atoms with E-state index < -0.39 is 4.92 Å². The lowest BCUT2D eigenvalue weighted by Crippen LogP contribution is -2.18. The van der Waals surface area contributed by atoms with Crippen LogP contribution in [0.5, 0.6) is 0 Å². The summed E-state index contributed by atoms with van der Waals surface area (Å²) in [4.78, 5) is 22.1. The van der Waals surface area contributed by atoms with Crippen molar-refractivity contribution in [3.8, 4) is 0 Å². The molecule has 0 saturated heterocycles. The van der Waals surface area contributed by atoms with Crippen molar-refractivity contribution in [1.82, 2.24) is 5.32 Å². The Kier molecular flexibility index (Phi) is 6.49. The van der Waals surface area contributed by atoms with E-state index in [1.54, 1.807) is 12.1 Å². The Hall–Kier alpha value is -2.11. The summed E-state index contributed by atoms with van der Waals surface area (Å²) < 4.78 is 0. The van der Waals surface area contributed by atoms with Gasteiger partial charge in [0.05, 0.1) is 4.92 Å². The fraction of sp³-hybridized carbons (Fsp3) is 0.500.